The number of piperidine rings is 1. The van der Waals surface area contributed by atoms with E-state index in [-0.39, 0.29) is 17.7 Å². The molecule has 0 aliphatic carbocycles. The first-order valence-corrected chi connectivity index (χ1v) is 9.49. The topological polar surface area (TPSA) is 79.6 Å². The number of aromatic nitrogens is 3. The minimum Gasteiger partial charge on any atom is -0.338 e. The lowest BCUT2D eigenvalue weighted by molar-refractivity contribution is -0.121. The molecule has 1 aromatic carbocycles. The molecule has 1 saturated heterocycles. The number of benzene rings is 1. The number of hydrogen-bond acceptors (Lipinski definition) is 4. The Morgan fingerprint density at radius 3 is 2.68 bits per heavy atom. The van der Waals surface area contributed by atoms with Gasteiger partial charge in [0.15, 0.2) is 5.65 Å². The number of nitrogens with zero attached hydrogens (tertiary/aromatic N) is 4. The summed E-state index contributed by atoms with van der Waals surface area (Å²) in [5, 5.41) is 11.0. The average Bonchev–Trinajstić information content (AvgIpc) is 3.10. The zero-order valence-corrected chi connectivity index (χ0v) is 16.1. The summed E-state index contributed by atoms with van der Waals surface area (Å²) in [4.78, 5) is 27.5. The maximum Gasteiger partial charge on any atom is 0.253 e. The van der Waals surface area contributed by atoms with Crippen LogP contribution in [0.3, 0.4) is 0 Å². The van der Waals surface area contributed by atoms with Crippen molar-refractivity contribution < 1.29 is 9.59 Å². The van der Waals surface area contributed by atoms with Crippen LogP contribution in [0.15, 0.2) is 42.6 Å². The molecule has 1 fully saturated rings. The molecule has 0 saturated carbocycles. The molecule has 1 N–H and O–H groups in total. The number of likely N-dealkylation sites (tertiary alicyclic amines) is 1. The van der Waals surface area contributed by atoms with Crippen LogP contribution in [-0.2, 0) is 4.79 Å². The predicted octanol–water partition coefficient (Wildman–Crippen LogP) is 2.84. The number of pyridine rings is 1. The Morgan fingerprint density at radius 1 is 1.11 bits per heavy atom. The number of anilines is 1. The molecule has 7 nitrogen and oxygen atoms in total. The Labute approximate surface area is 163 Å². The highest BCUT2D eigenvalue weighted by Gasteiger charge is 2.29. The van der Waals surface area contributed by atoms with Gasteiger partial charge >= 0.3 is 0 Å². The first kappa shape index (κ1) is 18.2. The fourth-order valence-electron chi connectivity index (χ4n) is 3.80. The van der Waals surface area contributed by atoms with Crippen molar-refractivity contribution in [2.75, 3.05) is 18.4 Å². The highest BCUT2D eigenvalue weighted by atomic mass is 16.2. The van der Waals surface area contributed by atoms with Crippen LogP contribution in [0.25, 0.3) is 5.65 Å². The number of carbonyl (C=O) groups excluding carboxylic acids is 2. The van der Waals surface area contributed by atoms with E-state index in [1.165, 1.54) is 0 Å². The van der Waals surface area contributed by atoms with Gasteiger partial charge in [-0.3, -0.25) is 19.3 Å². The quantitative estimate of drug-likeness (QED) is 0.761. The van der Waals surface area contributed by atoms with E-state index in [0.29, 0.717) is 30.2 Å². The molecule has 2 amide bonds. The van der Waals surface area contributed by atoms with Gasteiger partial charge in [0.1, 0.15) is 0 Å². The van der Waals surface area contributed by atoms with Crippen LogP contribution in [-0.4, -0.2) is 44.4 Å². The first-order chi connectivity index (χ1) is 13.5. The molecule has 2 aromatic heterocycles. The standard InChI is InChI=1S/C21H23N5O2/c1-14-10-15(2)12-17(11-14)20(28)25-8-5-6-16(13-25)19(27)22-21-24-23-18-7-3-4-9-26(18)21/h3-4,7,9-12,16H,5-6,8,13H2,1-2H3,(H,22,24,27). The van der Waals surface area contributed by atoms with Crippen LogP contribution in [0.4, 0.5) is 5.95 Å². The van der Waals surface area contributed by atoms with Crippen LogP contribution < -0.4 is 5.32 Å². The maximum atomic E-state index is 12.9. The van der Waals surface area contributed by atoms with E-state index in [9.17, 15) is 9.59 Å². The van der Waals surface area contributed by atoms with Crippen molar-refractivity contribution >= 4 is 23.4 Å². The van der Waals surface area contributed by atoms with Gasteiger partial charge in [-0.2, -0.15) is 0 Å². The van der Waals surface area contributed by atoms with Gasteiger partial charge in [-0.05, 0) is 51.0 Å². The Morgan fingerprint density at radius 2 is 1.89 bits per heavy atom. The van der Waals surface area contributed by atoms with Crippen LogP contribution in [0, 0.1) is 19.8 Å². The van der Waals surface area contributed by atoms with E-state index in [4.69, 9.17) is 0 Å². The van der Waals surface area contributed by atoms with E-state index in [0.717, 1.165) is 24.0 Å². The van der Waals surface area contributed by atoms with Crippen molar-refractivity contribution in [2.45, 2.75) is 26.7 Å². The Balaban J connectivity index is 1.47. The molecule has 0 radical (unpaired) electrons. The third-order valence-corrected chi connectivity index (χ3v) is 5.10. The summed E-state index contributed by atoms with van der Waals surface area (Å²) in [5.74, 6) is -0.00803. The lowest BCUT2D eigenvalue weighted by Gasteiger charge is -2.32. The van der Waals surface area contributed by atoms with Gasteiger partial charge in [-0.1, -0.05) is 23.3 Å². The third-order valence-electron chi connectivity index (χ3n) is 5.10. The first-order valence-electron chi connectivity index (χ1n) is 9.49. The van der Waals surface area contributed by atoms with Crippen LogP contribution >= 0.6 is 0 Å². The molecule has 1 aliphatic rings. The number of nitrogens with one attached hydrogen (secondary N) is 1. The van der Waals surface area contributed by atoms with Crippen molar-refractivity contribution in [1.29, 1.82) is 0 Å². The summed E-state index contributed by atoms with van der Waals surface area (Å²) in [7, 11) is 0. The fraction of sp³-hybridized carbons (Fsp3) is 0.333. The van der Waals surface area contributed by atoms with Crippen molar-refractivity contribution in [3.8, 4) is 0 Å². The van der Waals surface area contributed by atoms with E-state index in [2.05, 4.69) is 15.5 Å². The molecule has 3 aromatic rings. The summed E-state index contributed by atoms with van der Waals surface area (Å²) in [6, 6.07) is 11.4. The number of fused-ring (bicyclic) bond motifs is 1. The van der Waals surface area contributed by atoms with E-state index in [1.807, 2.05) is 56.4 Å². The molecule has 1 atom stereocenters. The van der Waals surface area contributed by atoms with Gasteiger partial charge < -0.3 is 4.90 Å². The summed E-state index contributed by atoms with van der Waals surface area (Å²) < 4.78 is 1.74. The number of aryl methyl sites for hydroxylation is 2. The van der Waals surface area contributed by atoms with Gasteiger partial charge in [0.25, 0.3) is 5.91 Å². The Hall–Kier alpha value is -3.22. The number of carbonyl (C=O) groups is 2. The molecule has 1 unspecified atom stereocenters. The lowest BCUT2D eigenvalue weighted by Crippen LogP contribution is -2.44. The molecule has 28 heavy (non-hydrogen) atoms. The molecule has 0 bridgehead atoms. The van der Waals surface area contributed by atoms with Gasteiger partial charge in [-0.15, -0.1) is 10.2 Å². The van der Waals surface area contributed by atoms with Gasteiger partial charge in [0, 0.05) is 24.8 Å². The summed E-state index contributed by atoms with van der Waals surface area (Å²) in [6.07, 6.45) is 3.36. The van der Waals surface area contributed by atoms with Gasteiger partial charge in [0.2, 0.25) is 11.9 Å². The molecule has 3 heterocycles. The summed E-state index contributed by atoms with van der Waals surface area (Å²) in [6.45, 7) is 5.05. The van der Waals surface area contributed by atoms with E-state index < -0.39 is 0 Å². The van der Waals surface area contributed by atoms with Crippen molar-refractivity contribution in [1.82, 2.24) is 19.5 Å². The van der Waals surface area contributed by atoms with Crippen molar-refractivity contribution in [3.63, 3.8) is 0 Å². The predicted molar refractivity (Wildman–Crippen MR) is 106 cm³/mol. The highest BCUT2D eigenvalue weighted by molar-refractivity contribution is 5.96. The molecular weight excluding hydrogens is 354 g/mol. The molecule has 144 valence electrons. The molecule has 1 aliphatic heterocycles. The monoisotopic (exact) mass is 377 g/mol. The highest BCUT2D eigenvalue weighted by Crippen LogP contribution is 2.21. The van der Waals surface area contributed by atoms with Crippen LogP contribution in [0.2, 0.25) is 0 Å². The summed E-state index contributed by atoms with van der Waals surface area (Å²) in [5.41, 5.74) is 3.48. The van der Waals surface area contributed by atoms with E-state index >= 15 is 0 Å². The van der Waals surface area contributed by atoms with Crippen molar-refractivity contribution in [3.05, 3.63) is 59.3 Å². The smallest absolute Gasteiger partial charge is 0.253 e. The largest absolute Gasteiger partial charge is 0.338 e. The lowest BCUT2D eigenvalue weighted by atomic mass is 9.96. The zero-order chi connectivity index (χ0) is 19.7. The Kier molecular flexibility index (Phi) is 4.81. The van der Waals surface area contributed by atoms with Crippen LogP contribution in [0.1, 0.15) is 34.3 Å². The maximum absolute atomic E-state index is 12.9. The second-order valence-electron chi connectivity index (χ2n) is 7.41. The summed E-state index contributed by atoms with van der Waals surface area (Å²) >= 11 is 0. The normalized spacial score (nSPS) is 16.9. The second kappa shape index (κ2) is 7.42. The zero-order valence-electron chi connectivity index (χ0n) is 16.1. The van der Waals surface area contributed by atoms with E-state index in [1.54, 1.807) is 9.30 Å². The second-order valence-corrected chi connectivity index (χ2v) is 7.41. The number of rotatable bonds is 3. The van der Waals surface area contributed by atoms with Gasteiger partial charge in [-0.25, -0.2) is 0 Å². The van der Waals surface area contributed by atoms with Crippen molar-refractivity contribution in [2.24, 2.45) is 5.92 Å². The fourth-order valence-corrected chi connectivity index (χ4v) is 3.80. The minimum absolute atomic E-state index is 0.0165. The molecule has 0 spiro atoms. The number of hydrogen-bond donors (Lipinski definition) is 1. The molecule has 4 rings (SSSR count). The Bertz CT molecular complexity index is 1020. The van der Waals surface area contributed by atoms with Gasteiger partial charge in [0.05, 0.1) is 5.92 Å². The minimum atomic E-state index is -0.264. The van der Waals surface area contributed by atoms with Crippen LogP contribution in [0.5, 0.6) is 0 Å². The third kappa shape index (κ3) is 3.60. The number of amides is 2. The average molecular weight is 377 g/mol. The SMILES string of the molecule is Cc1cc(C)cc(C(=O)N2CCCC(C(=O)Nc3nnc4ccccn34)C2)c1. The molecule has 7 heteroatoms. The molecular formula is C21H23N5O2.